The van der Waals surface area contributed by atoms with E-state index in [4.69, 9.17) is 0 Å². The van der Waals surface area contributed by atoms with E-state index in [0.717, 1.165) is 5.56 Å². The van der Waals surface area contributed by atoms with Crippen LogP contribution in [-0.2, 0) is 6.54 Å². The van der Waals surface area contributed by atoms with Crippen LogP contribution in [0.5, 0.6) is 0 Å². The summed E-state index contributed by atoms with van der Waals surface area (Å²) in [5.41, 5.74) is 0.545. The summed E-state index contributed by atoms with van der Waals surface area (Å²) in [5, 5.41) is 23.3. The number of rotatable bonds is 6. The Balaban J connectivity index is 2.17. The van der Waals surface area contributed by atoms with Crippen molar-refractivity contribution in [3.05, 3.63) is 75.6 Å². The fraction of sp³-hybridized carbons (Fsp3) is 0.200. The molecule has 0 heterocycles. The minimum atomic E-state index is -0.638. The van der Waals surface area contributed by atoms with Gasteiger partial charge in [0.15, 0.2) is 0 Å². The summed E-state index contributed by atoms with van der Waals surface area (Å²) in [5.74, 6) is -0.638. The van der Waals surface area contributed by atoms with Gasteiger partial charge in [0.2, 0.25) is 0 Å². The van der Waals surface area contributed by atoms with Crippen LogP contribution in [0, 0.1) is 15.9 Å². The van der Waals surface area contributed by atoms with Crippen LogP contribution in [0.4, 0.5) is 10.1 Å². The van der Waals surface area contributed by atoms with Crippen LogP contribution < -0.4 is 5.32 Å². The molecule has 2 aromatic rings. The standard InChI is InChI=1S/C15H15FN2O3/c16-13-7-4-8-15(18(20)21)12(13)9-17-14(10-19)11-5-2-1-3-6-11/h1-8,14,17,19H,9-10H2/t14-/m1/s1. The summed E-state index contributed by atoms with van der Waals surface area (Å²) < 4.78 is 13.8. The molecule has 0 aliphatic carbocycles. The van der Waals surface area contributed by atoms with E-state index >= 15 is 0 Å². The number of nitro benzene ring substituents is 1. The van der Waals surface area contributed by atoms with Crippen molar-refractivity contribution >= 4 is 5.69 Å². The number of hydrogen-bond donors (Lipinski definition) is 2. The largest absolute Gasteiger partial charge is 0.394 e. The zero-order valence-corrected chi connectivity index (χ0v) is 11.2. The van der Waals surface area contributed by atoms with E-state index in [0.29, 0.717) is 0 Å². The second kappa shape index (κ2) is 6.92. The Morgan fingerprint density at radius 2 is 1.90 bits per heavy atom. The predicted octanol–water partition coefficient (Wildman–Crippen LogP) is 2.56. The molecule has 110 valence electrons. The first-order valence-corrected chi connectivity index (χ1v) is 6.44. The molecular formula is C15H15FN2O3. The highest BCUT2D eigenvalue weighted by Gasteiger charge is 2.19. The van der Waals surface area contributed by atoms with Gasteiger partial charge < -0.3 is 10.4 Å². The van der Waals surface area contributed by atoms with Gasteiger partial charge in [-0.05, 0) is 11.6 Å². The highest BCUT2D eigenvalue weighted by Crippen LogP contribution is 2.22. The highest BCUT2D eigenvalue weighted by atomic mass is 19.1. The van der Waals surface area contributed by atoms with Crippen LogP contribution in [0.2, 0.25) is 0 Å². The highest BCUT2D eigenvalue weighted by molar-refractivity contribution is 5.41. The topological polar surface area (TPSA) is 75.4 Å². The molecule has 2 aromatic carbocycles. The molecule has 2 N–H and O–H groups in total. The maximum absolute atomic E-state index is 13.8. The van der Waals surface area contributed by atoms with Crippen LogP contribution in [0.1, 0.15) is 17.2 Å². The molecule has 0 saturated heterocycles. The van der Waals surface area contributed by atoms with E-state index < -0.39 is 16.8 Å². The lowest BCUT2D eigenvalue weighted by molar-refractivity contribution is -0.385. The maximum atomic E-state index is 13.8. The smallest absolute Gasteiger partial charge is 0.276 e. The number of hydrogen-bond acceptors (Lipinski definition) is 4. The van der Waals surface area contributed by atoms with Crippen LogP contribution in [0.15, 0.2) is 48.5 Å². The first kappa shape index (κ1) is 15.1. The molecule has 0 aliphatic heterocycles. The molecule has 0 aliphatic rings. The summed E-state index contributed by atoms with van der Waals surface area (Å²) >= 11 is 0. The Morgan fingerprint density at radius 3 is 2.52 bits per heavy atom. The molecule has 0 fully saturated rings. The van der Waals surface area contributed by atoms with Crippen LogP contribution in [0.25, 0.3) is 0 Å². The predicted molar refractivity (Wildman–Crippen MR) is 76.2 cm³/mol. The minimum absolute atomic E-state index is 0.0168. The lowest BCUT2D eigenvalue weighted by Gasteiger charge is -2.17. The Kier molecular flexibility index (Phi) is 4.97. The molecular weight excluding hydrogens is 275 g/mol. The summed E-state index contributed by atoms with van der Waals surface area (Å²) in [7, 11) is 0. The van der Waals surface area contributed by atoms with Crippen molar-refractivity contribution in [3.8, 4) is 0 Å². The van der Waals surface area contributed by atoms with Crippen molar-refractivity contribution in [2.75, 3.05) is 6.61 Å². The summed E-state index contributed by atoms with van der Waals surface area (Å²) in [4.78, 5) is 10.3. The van der Waals surface area contributed by atoms with E-state index in [9.17, 15) is 19.6 Å². The van der Waals surface area contributed by atoms with Gasteiger partial charge in [-0.1, -0.05) is 36.4 Å². The number of nitrogens with zero attached hydrogens (tertiary/aromatic N) is 1. The number of halogens is 1. The van der Waals surface area contributed by atoms with Gasteiger partial charge in [-0.15, -0.1) is 0 Å². The monoisotopic (exact) mass is 290 g/mol. The molecule has 2 rings (SSSR count). The van der Waals surface area contributed by atoms with Crippen molar-refractivity contribution in [1.82, 2.24) is 5.32 Å². The van der Waals surface area contributed by atoms with Crippen molar-refractivity contribution in [1.29, 1.82) is 0 Å². The number of benzene rings is 2. The molecule has 0 aromatic heterocycles. The van der Waals surface area contributed by atoms with Gasteiger partial charge in [0.25, 0.3) is 5.69 Å². The minimum Gasteiger partial charge on any atom is -0.394 e. The van der Waals surface area contributed by atoms with Gasteiger partial charge in [-0.2, -0.15) is 0 Å². The number of nitro groups is 1. The molecule has 0 amide bonds. The van der Waals surface area contributed by atoms with Crippen molar-refractivity contribution in [2.45, 2.75) is 12.6 Å². The second-order valence-electron chi connectivity index (χ2n) is 4.52. The van der Waals surface area contributed by atoms with Crippen LogP contribution in [-0.4, -0.2) is 16.6 Å². The summed E-state index contributed by atoms with van der Waals surface area (Å²) in [6, 6.07) is 12.5. The summed E-state index contributed by atoms with van der Waals surface area (Å²) in [6.07, 6.45) is 0. The van der Waals surface area contributed by atoms with Gasteiger partial charge in [-0.3, -0.25) is 10.1 Å². The molecule has 0 saturated carbocycles. The maximum Gasteiger partial charge on any atom is 0.276 e. The Morgan fingerprint density at radius 1 is 1.19 bits per heavy atom. The Labute approximate surface area is 121 Å². The van der Waals surface area contributed by atoms with Gasteiger partial charge >= 0.3 is 0 Å². The Bertz CT molecular complexity index is 620. The van der Waals surface area contributed by atoms with Gasteiger partial charge in [-0.25, -0.2) is 4.39 Å². The van der Waals surface area contributed by atoms with Gasteiger partial charge in [0, 0.05) is 12.6 Å². The molecule has 5 nitrogen and oxygen atoms in total. The second-order valence-corrected chi connectivity index (χ2v) is 4.52. The summed E-state index contributed by atoms with van der Waals surface area (Å²) in [6.45, 7) is -0.227. The van der Waals surface area contributed by atoms with Crippen LogP contribution >= 0.6 is 0 Å². The van der Waals surface area contributed by atoms with Gasteiger partial charge in [0.05, 0.1) is 23.1 Å². The van der Waals surface area contributed by atoms with E-state index in [2.05, 4.69) is 5.32 Å². The average Bonchev–Trinajstić information content (AvgIpc) is 2.50. The zero-order chi connectivity index (χ0) is 15.2. The number of nitrogens with one attached hydrogen (secondary N) is 1. The van der Waals surface area contributed by atoms with Crippen molar-refractivity contribution < 1.29 is 14.4 Å². The third-order valence-electron chi connectivity index (χ3n) is 3.20. The molecule has 6 heteroatoms. The zero-order valence-electron chi connectivity index (χ0n) is 11.2. The Hall–Kier alpha value is -2.31. The lowest BCUT2D eigenvalue weighted by Crippen LogP contribution is -2.24. The molecule has 0 unspecified atom stereocenters. The van der Waals surface area contributed by atoms with Crippen molar-refractivity contribution in [2.24, 2.45) is 0 Å². The fourth-order valence-corrected chi connectivity index (χ4v) is 2.09. The van der Waals surface area contributed by atoms with E-state index in [-0.39, 0.29) is 24.4 Å². The third-order valence-corrected chi connectivity index (χ3v) is 3.20. The van der Waals surface area contributed by atoms with E-state index in [1.165, 1.54) is 18.2 Å². The van der Waals surface area contributed by atoms with Gasteiger partial charge in [0.1, 0.15) is 5.82 Å². The van der Waals surface area contributed by atoms with Crippen LogP contribution in [0.3, 0.4) is 0 Å². The lowest BCUT2D eigenvalue weighted by atomic mass is 10.1. The number of aliphatic hydroxyl groups is 1. The number of aliphatic hydroxyl groups excluding tert-OH is 1. The molecule has 21 heavy (non-hydrogen) atoms. The third kappa shape index (κ3) is 3.62. The normalized spacial score (nSPS) is 12.1. The fourth-order valence-electron chi connectivity index (χ4n) is 2.09. The molecule has 0 radical (unpaired) electrons. The first-order chi connectivity index (χ1) is 10.1. The average molecular weight is 290 g/mol. The molecule has 0 bridgehead atoms. The molecule has 0 spiro atoms. The van der Waals surface area contributed by atoms with E-state index in [1.807, 2.05) is 30.3 Å². The SMILES string of the molecule is O=[N+]([O-])c1cccc(F)c1CN[C@H](CO)c1ccccc1. The quantitative estimate of drug-likeness (QED) is 0.633. The first-order valence-electron chi connectivity index (χ1n) is 6.44. The van der Waals surface area contributed by atoms with E-state index in [1.54, 1.807) is 0 Å². The molecule has 1 atom stereocenters. The van der Waals surface area contributed by atoms with Crippen molar-refractivity contribution in [3.63, 3.8) is 0 Å².